The van der Waals surface area contributed by atoms with Gasteiger partial charge in [-0.2, -0.15) is 10.4 Å². The average molecular weight is 451 g/mol. The molecule has 174 valence electrons. The number of hydrogen-bond acceptors (Lipinski definition) is 9. The van der Waals surface area contributed by atoms with Gasteiger partial charge in [0.2, 0.25) is 0 Å². The van der Waals surface area contributed by atoms with Crippen LogP contribution in [-0.2, 0) is 4.74 Å². The molecule has 3 heterocycles. The number of carbonyl (C=O) groups is 1. The minimum Gasteiger partial charge on any atom is -0.444 e. The van der Waals surface area contributed by atoms with Gasteiger partial charge in [-0.1, -0.05) is 0 Å². The van der Waals surface area contributed by atoms with Gasteiger partial charge in [-0.3, -0.25) is 0 Å². The molecule has 1 saturated carbocycles. The van der Waals surface area contributed by atoms with Crippen LogP contribution in [-0.4, -0.2) is 56.4 Å². The molecule has 0 radical (unpaired) electrons. The van der Waals surface area contributed by atoms with Gasteiger partial charge in [0.25, 0.3) is 0 Å². The molecule has 2 fully saturated rings. The van der Waals surface area contributed by atoms with E-state index in [0.717, 1.165) is 43.6 Å². The highest BCUT2D eigenvalue weighted by Crippen LogP contribution is 2.42. The van der Waals surface area contributed by atoms with E-state index in [9.17, 15) is 4.79 Å². The summed E-state index contributed by atoms with van der Waals surface area (Å²) in [6, 6.07) is 3.91. The fourth-order valence-corrected chi connectivity index (χ4v) is 3.74. The number of nitrogens with zero attached hydrogens (tertiary/aromatic N) is 6. The van der Waals surface area contributed by atoms with E-state index in [1.807, 2.05) is 32.9 Å². The number of rotatable bonds is 6. The van der Waals surface area contributed by atoms with Crippen LogP contribution in [0.4, 0.5) is 22.1 Å². The van der Waals surface area contributed by atoms with Crippen molar-refractivity contribution in [2.75, 3.05) is 30.3 Å². The van der Waals surface area contributed by atoms with Crippen LogP contribution in [0.5, 0.6) is 0 Å². The largest absolute Gasteiger partial charge is 0.444 e. The van der Waals surface area contributed by atoms with Gasteiger partial charge in [0.15, 0.2) is 11.5 Å². The first kappa shape index (κ1) is 22.7. The molecule has 2 N–H and O–H groups in total. The van der Waals surface area contributed by atoms with Crippen molar-refractivity contribution in [3.8, 4) is 6.07 Å². The topological polar surface area (TPSA) is 129 Å². The van der Waals surface area contributed by atoms with Crippen LogP contribution in [0.3, 0.4) is 0 Å². The maximum atomic E-state index is 12.3. The van der Waals surface area contributed by atoms with Crippen molar-refractivity contribution >= 4 is 23.4 Å². The van der Waals surface area contributed by atoms with Gasteiger partial charge in [-0.05, 0) is 52.4 Å². The second kappa shape index (κ2) is 9.57. The molecule has 2 aromatic heterocycles. The summed E-state index contributed by atoms with van der Waals surface area (Å²) in [5, 5.41) is 24.3. The zero-order valence-corrected chi connectivity index (χ0v) is 19.3. The molecule has 1 saturated heterocycles. The second-order valence-corrected chi connectivity index (χ2v) is 9.62. The minimum absolute atomic E-state index is 0.232. The number of hydrogen-bond donors (Lipinski definition) is 2. The lowest BCUT2D eigenvalue weighted by atomic mass is 9.97. The van der Waals surface area contributed by atoms with Gasteiger partial charge in [0, 0.05) is 31.6 Å². The van der Waals surface area contributed by atoms with Crippen LogP contribution in [0, 0.1) is 17.2 Å². The zero-order chi connectivity index (χ0) is 23.4. The second-order valence-electron chi connectivity index (χ2n) is 9.62. The van der Waals surface area contributed by atoms with Gasteiger partial charge in [-0.25, -0.2) is 14.8 Å². The van der Waals surface area contributed by atoms with Gasteiger partial charge in [-0.15, -0.1) is 5.10 Å². The Morgan fingerprint density at radius 1 is 1.15 bits per heavy atom. The summed E-state index contributed by atoms with van der Waals surface area (Å²) in [5.74, 6) is 1.99. The lowest BCUT2D eigenvalue weighted by molar-refractivity contribution is 0.0188. The first-order chi connectivity index (χ1) is 15.8. The lowest BCUT2D eigenvalue weighted by Crippen LogP contribution is -2.42. The van der Waals surface area contributed by atoms with Gasteiger partial charge in [0.05, 0.1) is 23.8 Å². The summed E-state index contributed by atoms with van der Waals surface area (Å²) in [7, 11) is 0. The number of ether oxygens (including phenoxy) is 1. The fourth-order valence-electron chi connectivity index (χ4n) is 3.74. The van der Waals surface area contributed by atoms with E-state index >= 15 is 0 Å². The lowest BCUT2D eigenvalue weighted by Gasteiger charge is -2.33. The van der Waals surface area contributed by atoms with Gasteiger partial charge in [0.1, 0.15) is 17.5 Å². The molecule has 33 heavy (non-hydrogen) atoms. The summed E-state index contributed by atoms with van der Waals surface area (Å²) in [4.78, 5) is 22.3. The SMILES string of the molecule is CC(C)(C)OC(=O)N1CCC(CNc2cc(Nc3cnc(C#N)cn3)nnc2C2CC2)CC1. The summed E-state index contributed by atoms with van der Waals surface area (Å²) in [6.45, 7) is 7.88. The van der Waals surface area contributed by atoms with Crippen molar-refractivity contribution in [3.63, 3.8) is 0 Å². The number of piperidine rings is 1. The van der Waals surface area contributed by atoms with E-state index in [-0.39, 0.29) is 11.8 Å². The Morgan fingerprint density at radius 3 is 2.52 bits per heavy atom. The summed E-state index contributed by atoms with van der Waals surface area (Å²) < 4.78 is 5.49. The van der Waals surface area contributed by atoms with Crippen molar-refractivity contribution in [1.29, 1.82) is 5.26 Å². The molecular formula is C23H30N8O2. The number of likely N-dealkylation sites (tertiary alicyclic amines) is 1. The van der Waals surface area contributed by atoms with Crippen LogP contribution < -0.4 is 10.6 Å². The van der Waals surface area contributed by atoms with Gasteiger partial charge < -0.3 is 20.3 Å². The Labute approximate surface area is 193 Å². The predicted molar refractivity (Wildman–Crippen MR) is 123 cm³/mol. The monoisotopic (exact) mass is 450 g/mol. The normalized spacial score (nSPS) is 16.7. The summed E-state index contributed by atoms with van der Waals surface area (Å²) in [6.07, 6.45) is 6.80. The fraction of sp³-hybridized carbons (Fsp3) is 0.565. The van der Waals surface area contributed by atoms with Crippen molar-refractivity contribution in [3.05, 3.63) is 29.8 Å². The molecule has 4 rings (SSSR count). The van der Waals surface area contributed by atoms with Crippen molar-refractivity contribution in [1.82, 2.24) is 25.1 Å². The minimum atomic E-state index is -0.474. The van der Waals surface area contributed by atoms with Crippen LogP contribution in [0.2, 0.25) is 0 Å². The Hall–Kier alpha value is -3.48. The molecule has 0 spiro atoms. The quantitative estimate of drug-likeness (QED) is 0.674. The molecule has 10 nitrogen and oxygen atoms in total. The molecular weight excluding hydrogens is 420 g/mol. The van der Waals surface area contributed by atoms with Gasteiger partial charge >= 0.3 is 6.09 Å². The Morgan fingerprint density at radius 2 is 1.91 bits per heavy atom. The van der Waals surface area contributed by atoms with Crippen LogP contribution in [0.1, 0.15) is 63.8 Å². The third-order valence-electron chi connectivity index (χ3n) is 5.66. The van der Waals surface area contributed by atoms with E-state index in [1.165, 1.54) is 12.4 Å². The molecule has 2 aromatic rings. The first-order valence-corrected chi connectivity index (χ1v) is 11.4. The zero-order valence-electron chi connectivity index (χ0n) is 19.3. The molecule has 1 aliphatic carbocycles. The van der Waals surface area contributed by atoms with E-state index in [1.54, 1.807) is 4.90 Å². The van der Waals surface area contributed by atoms with E-state index in [2.05, 4.69) is 30.8 Å². The molecule has 0 aromatic carbocycles. The highest BCUT2D eigenvalue weighted by molar-refractivity contribution is 5.68. The molecule has 10 heteroatoms. The number of carbonyl (C=O) groups excluding carboxylic acids is 1. The Kier molecular flexibility index (Phi) is 6.58. The van der Waals surface area contributed by atoms with Crippen molar-refractivity contribution in [2.45, 2.75) is 58.0 Å². The highest BCUT2D eigenvalue weighted by Gasteiger charge is 2.30. The maximum absolute atomic E-state index is 12.3. The highest BCUT2D eigenvalue weighted by atomic mass is 16.6. The molecule has 1 aliphatic heterocycles. The molecule has 0 bridgehead atoms. The summed E-state index contributed by atoms with van der Waals surface area (Å²) >= 11 is 0. The number of nitriles is 1. The number of nitrogens with one attached hydrogen (secondary N) is 2. The number of amides is 1. The Balaban J connectivity index is 1.35. The van der Waals surface area contributed by atoms with Crippen LogP contribution >= 0.6 is 0 Å². The third kappa shape index (κ3) is 6.28. The third-order valence-corrected chi connectivity index (χ3v) is 5.66. The molecule has 0 unspecified atom stereocenters. The average Bonchev–Trinajstić information content (AvgIpc) is 3.63. The van der Waals surface area contributed by atoms with Crippen molar-refractivity contribution in [2.24, 2.45) is 5.92 Å². The maximum Gasteiger partial charge on any atom is 0.410 e. The molecule has 1 amide bonds. The van der Waals surface area contributed by atoms with E-state index in [4.69, 9.17) is 10.00 Å². The Bertz CT molecular complexity index is 1020. The number of aromatic nitrogens is 4. The van der Waals surface area contributed by atoms with Crippen molar-refractivity contribution < 1.29 is 9.53 Å². The smallest absolute Gasteiger partial charge is 0.410 e. The van der Waals surface area contributed by atoms with Crippen LogP contribution in [0.15, 0.2) is 18.5 Å². The van der Waals surface area contributed by atoms with Crippen LogP contribution in [0.25, 0.3) is 0 Å². The standard InChI is InChI=1S/C23H30N8O2/c1-23(2,3)33-22(32)31-8-6-15(7-9-31)12-26-18-10-19(29-30-21(18)16-4-5-16)28-20-14-25-17(11-24)13-27-20/h10,13-16H,4-9,12H2,1-3H3,(H2,26,27,28,29). The first-order valence-electron chi connectivity index (χ1n) is 11.4. The molecule has 0 atom stereocenters. The number of anilines is 3. The summed E-state index contributed by atoms with van der Waals surface area (Å²) in [5.41, 5.74) is 1.76. The molecule has 2 aliphatic rings. The predicted octanol–water partition coefficient (Wildman–Crippen LogP) is 3.82. The van der Waals surface area contributed by atoms with E-state index in [0.29, 0.717) is 36.6 Å². The van der Waals surface area contributed by atoms with E-state index < -0.39 is 5.60 Å².